The molecule has 1 atom stereocenters. The van der Waals surface area contributed by atoms with E-state index < -0.39 is 0 Å². The average Bonchev–Trinajstić information content (AvgIpc) is 3.40. The zero-order valence-electron chi connectivity index (χ0n) is 17.5. The Morgan fingerprint density at radius 3 is 2.83 bits per heavy atom. The van der Waals surface area contributed by atoms with Crippen LogP contribution in [0.4, 0.5) is 5.69 Å². The van der Waals surface area contributed by atoms with Crippen LogP contribution in [0.2, 0.25) is 0 Å². The minimum atomic E-state index is 0.537. The summed E-state index contributed by atoms with van der Waals surface area (Å²) < 4.78 is 21.5. The summed E-state index contributed by atoms with van der Waals surface area (Å²) in [6.07, 6.45) is 5.86. The van der Waals surface area contributed by atoms with Gasteiger partial charge in [0.2, 0.25) is 0 Å². The fourth-order valence-corrected chi connectivity index (χ4v) is 4.38. The maximum atomic E-state index is 5.94. The second kappa shape index (κ2) is 10.0. The molecule has 8 heteroatoms. The summed E-state index contributed by atoms with van der Waals surface area (Å²) in [5.41, 5.74) is 1.91. The molecule has 1 unspecified atom stereocenters. The van der Waals surface area contributed by atoms with E-state index in [1.165, 1.54) is 5.69 Å². The van der Waals surface area contributed by atoms with E-state index in [1.807, 2.05) is 49.7 Å². The predicted octanol–water partition coefficient (Wildman–Crippen LogP) is 4.80. The molecule has 0 spiro atoms. The summed E-state index contributed by atoms with van der Waals surface area (Å²) in [4.78, 5) is 4.09. The lowest BCUT2D eigenvalue weighted by Crippen LogP contribution is -2.17. The van der Waals surface area contributed by atoms with Crippen LogP contribution in [0.15, 0.2) is 47.2 Å². The topological polar surface area (TPSA) is 63.9 Å². The highest BCUT2D eigenvalue weighted by atomic mass is 32.2. The molecule has 0 saturated carbocycles. The zero-order chi connectivity index (χ0) is 20.8. The molecule has 0 N–H and O–H groups in total. The molecule has 1 aliphatic heterocycles. The number of hydrogen-bond donors (Lipinski definition) is 0. The van der Waals surface area contributed by atoms with Crippen molar-refractivity contribution >= 4 is 28.8 Å². The SMILES string of the molecule is CCOc1noc2cc(OCCC(C)CCN3CCN(c4ccncc4)S3)ccc12. The molecule has 1 saturated heterocycles. The molecule has 7 nitrogen and oxygen atoms in total. The molecule has 0 radical (unpaired) electrons. The first kappa shape index (κ1) is 20.8. The third kappa shape index (κ3) is 5.17. The highest BCUT2D eigenvalue weighted by molar-refractivity contribution is 7.98. The number of benzene rings is 1. The zero-order valence-corrected chi connectivity index (χ0v) is 18.3. The van der Waals surface area contributed by atoms with Crippen LogP contribution < -0.4 is 13.8 Å². The number of pyridine rings is 1. The molecule has 2 aromatic heterocycles. The Morgan fingerprint density at radius 2 is 2.00 bits per heavy atom. The Kier molecular flexibility index (Phi) is 6.96. The standard InChI is InChI=1S/C22H28N4O3S/c1-3-27-22-20-5-4-19(16-21(20)29-24-22)28-15-9-17(2)8-12-25-13-14-26(30-25)18-6-10-23-11-7-18/h4-7,10-11,16-17H,3,8-9,12-15H2,1-2H3. The van der Waals surface area contributed by atoms with Gasteiger partial charge >= 0.3 is 0 Å². The number of anilines is 1. The molecular formula is C22H28N4O3S. The summed E-state index contributed by atoms with van der Waals surface area (Å²) in [5.74, 6) is 1.94. The van der Waals surface area contributed by atoms with Crippen LogP contribution in [0.25, 0.3) is 11.0 Å². The third-order valence-corrected chi connectivity index (χ3v) is 6.35. The molecule has 1 fully saturated rings. The Labute approximate surface area is 181 Å². The second-order valence-electron chi connectivity index (χ2n) is 7.43. The second-order valence-corrected chi connectivity index (χ2v) is 8.55. The van der Waals surface area contributed by atoms with Gasteiger partial charge in [-0.1, -0.05) is 6.92 Å². The van der Waals surface area contributed by atoms with Gasteiger partial charge in [-0.25, -0.2) is 4.31 Å². The molecule has 3 heterocycles. The van der Waals surface area contributed by atoms with Crippen molar-refractivity contribution < 1.29 is 14.0 Å². The first-order chi connectivity index (χ1) is 14.7. The van der Waals surface area contributed by atoms with Gasteiger partial charge in [-0.3, -0.25) is 4.98 Å². The highest BCUT2D eigenvalue weighted by Gasteiger charge is 2.22. The van der Waals surface area contributed by atoms with Crippen LogP contribution in [0.5, 0.6) is 11.6 Å². The van der Waals surface area contributed by atoms with Crippen molar-refractivity contribution in [1.29, 1.82) is 0 Å². The number of rotatable bonds is 10. The number of fused-ring (bicyclic) bond motifs is 1. The van der Waals surface area contributed by atoms with Gasteiger partial charge in [-0.15, -0.1) is 0 Å². The molecule has 0 aliphatic carbocycles. The molecule has 30 heavy (non-hydrogen) atoms. The minimum Gasteiger partial charge on any atom is -0.493 e. The van der Waals surface area contributed by atoms with E-state index in [4.69, 9.17) is 14.0 Å². The molecule has 4 rings (SSSR count). The molecule has 0 bridgehead atoms. The predicted molar refractivity (Wildman–Crippen MR) is 120 cm³/mol. The van der Waals surface area contributed by atoms with E-state index in [2.05, 4.69) is 37.8 Å². The maximum Gasteiger partial charge on any atom is 0.262 e. The smallest absolute Gasteiger partial charge is 0.262 e. The number of aromatic nitrogens is 2. The fourth-order valence-electron chi connectivity index (χ4n) is 3.37. The molecule has 3 aromatic rings. The van der Waals surface area contributed by atoms with Crippen LogP contribution in [0, 0.1) is 5.92 Å². The Morgan fingerprint density at radius 1 is 1.13 bits per heavy atom. The third-order valence-electron chi connectivity index (χ3n) is 5.16. The maximum absolute atomic E-state index is 5.94. The summed E-state index contributed by atoms with van der Waals surface area (Å²) in [5, 5.41) is 4.83. The summed E-state index contributed by atoms with van der Waals surface area (Å²) in [6.45, 7) is 8.68. The molecule has 1 aliphatic rings. The van der Waals surface area contributed by atoms with Crippen molar-refractivity contribution in [2.24, 2.45) is 5.92 Å². The Bertz CT molecular complexity index is 937. The summed E-state index contributed by atoms with van der Waals surface area (Å²) >= 11 is 1.81. The summed E-state index contributed by atoms with van der Waals surface area (Å²) in [7, 11) is 0. The van der Waals surface area contributed by atoms with Gasteiger partial charge in [0, 0.05) is 50.2 Å². The van der Waals surface area contributed by atoms with Crippen LogP contribution in [-0.2, 0) is 0 Å². The van der Waals surface area contributed by atoms with Crippen molar-refractivity contribution in [2.45, 2.75) is 26.7 Å². The first-order valence-corrected chi connectivity index (χ1v) is 11.2. The number of ether oxygens (including phenoxy) is 2. The monoisotopic (exact) mass is 428 g/mol. The van der Waals surface area contributed by atoms with Crippen LogP contribution >= 0.6 is 12.1 Å². The van der Waals surface area contributed by atoms with Crippen molar-refractivity contribution in [3.63, 3.8) is 0 Å². The van der Waals surface area contributed by atoms with E-state index in [0.29, 0.717) is 30.6 Å². The van der Waals surface area contributed by atoms with Gasteiger partial charge in [-0.05, 0) is 55.1 Å². The largest absolute Gasteiger partial charge is 0.493 e. The van der Waals surface area contributed by atoms with Crippen LogP contribution in [0.3, 0.4) is 0 Å². The molecule has 0 amide bonds. The highest BCUT2D eigenvalue weighted by Crippen LogP contribution is 2.31. The minimum absolute atomic E-state index is 0.537. The number of nitrogens with zero attached hydrogens (tertiary/aromatic N) is 4. The Hall–Kier alpha value is -2.45. The van der Waals surface area contributed by atoms with Gasteiger partial charge in [0.1, 0.15) is 5.75 Å². The lowest BCUT2D eigenvalue weighted by molar-refractivity contribution is 0.273. The van der Waals surface area contributed by atoms with E-state index in [0.717, 1.165) is 43.6 Å². The van der Waals surface area contributed by atoms with E-state index >= 15 is 0 Å². The van der Waals surface area contributed by atoms with E-state index in [9.17, 15) is 0 Å². The average molecular weight is 429 g/mol. The van der Waals surface area contributed by atoms with Crippen LogP contribution in [-0.4, -0.2) is 47.3 Å². The van der Waals surface area contributed by atoms with Crippen molar-refractivity contribution in [3.8, 4) is 11.6 Å². The van der Waals surface area contributed by atoms with Gasteiger partial charge < -0.3 is 18.3 Å². The van der Waals surface area contributed by atoms with Gasteiger partial charge in [0.05, 0.1) is 24.3 Å². The van der Waals surface area contributed by atoms with Crippen molar-refractivity contribution in [1.82, 2.24) is 14.4 Å². The fraction of sp³-hybridized carbons (Fsp3) is 0.455. The normalized spacial score (nSPS) is 15.6. The van der Waals surface area contributed by atoms with Crippen molar-refractivity contribution in [2.75, 3.05) is 37.2 Å². The molecule has 160 valence electrons. The van der Waals surface area contributed by atoms with Gasteiger partial charge in [0.15, 0.2) is 5.58 Å². The first-order valence-electron chi connectivity index (χ1n) is 10.5. The van der Waals surface area contributed by atoms with Crippen LogP contribution in [0.1, 0.15) is 26.7 Å². The van der Waals surface area contributed by atoms with Gasteiger partial charge in [-0.2, -0.15) is 0 Å². The lowest BCUT2D eigenvalue weighted by Gasteiger charge is -2.19. The quantitative estimate of drug-likeness (QED) is 0.427. The number of hydrogen-bond acceptors (Lipinski definition) is 8. The Balaban J connectivity index is 1.17. The lowest BCUT2D eigenvalue weighted by atomic mass is 10.0. The van der Waals surface area contributed by atoms with Gasteiger partial charge in [0.25, 0.3) is 5.88 Å². The summed E-state index contributed by atoms with van der Waals surface area (Å²) in [6, 6.07) is 9.88. The molecule has 1 aromatic carbocycles. The molecular weight excluding hydrogens is 400 g/mol. The van der Waals surface area contributed by atoms with E-state index in [-0.39, 0.29) is 0 Å². The van der Waals surface area contributed by atoms with Crippen molar-refractivity contribution in [3.05, 3.63) is 42.7 Å². The van der Waals surface area contributed by atoms with E-state index in [1.54, 1.807) is 0 Å².